The smallest absolute Gasteiger partial charge is 0.257 e. The van der Waals surface area contributed by atoms with Gasteiger partial charge in [-0.25, -0.2) is 0 Å². The number of hydrogen-bond acceptors (Lipinski definition) is 7. The Morgan fingerprint density at radius 2 is 1.71 bits per heavy atom. The predicted molar refractivity (Wildman–Crippen MR) is 120 cm³/mol. The first kappa shape index (κ1) is 21.9. The lowest BCUT2D eigenvalue weighted by Crippen LogP contribution is -2.37. The van der Waals surface area contributed by atoms with Crippen LogP contribution >= 0.6 is 0 Å². The fourth-order valence-corrected chi connectivity index (χ4v) is 3.27. The quantitative estimate of drug-likeness (QED) is 0.378. The van der Waals surface area contributed by atoms with Gasteiger partial charge in [-0.05, 0) is 36.2 Å². The summed E-state index contributed by atoms with van der Waals surface area (Å²) in [6.07, 6.45) is 0.669. The van der Waals surface area contributed by atoms with E-state index in [0.717, 1.165) is 11.3 Å². The number of amides is 1. The fourth-order valence-electron chi connectivity index (χ4n) is 3.27. The number of carbonyl (C=O) groups is 1. The summed E-state index contributed by atoms with van der Waals surface area (Å²) < 4.78 is 5.17. The van der Waals surface area contributed by atoms with Gasteiger partial charge in [-0.3, -0.25) is 14.4 Å². The molecule has 162 valence electrons. The number of phenols is 1. The number of carbonyl (C=O) groups excluding carboxylic acids is 1. The molecule has 0 aromatic heterocycles. The van der Waals surface area contributed by atoms with Crippen molar-refractivity contribution in [2.45, 2.75) is 19.4 Å². The number of para-hydroxylation sites is 1. The Balaban J connectivity index is 1.88. The van der Waals surface area contributed by atoms with Gasteiger partial charge in [-0.2, -0.15) is 0 Å². The highest BCUT2D eigenvalue weighted by molar-refractivity contribution is 5.99. The summed E-state index contributed by atoms with van der Waals surface area (Å²) in [6.45, 7) is 1.96. The molecule has 0 saturated heterocycles. The Hall–Kier alpha value is -3.81. The number of rotatable bonds is 8. The molecule has 1 amide bonds. The standard InChI is InChI=1S/C23H25N3O5/c1-5-16(13-9-11-14(31-4)12-10-13)24-18-19(22(29)21(18)28)25-17-8-6-7-15(20(17)27)23(30)26(2)3/h6-12,16,24-25,27H,5H2,1-4H3. The van der Waals surface area contributed by atoms with E-state index in [0.29, 0.717) is 6.42 Å². The van der Waals surface area contributed by atoms with Gasteiger partial charge in [0.25, 0.3) is 16.8 Å². The predicted octanol–water partition coefficient (Wildman–Crippen LogP) is 3.01. The molecular weight excluding hydrogens is 398 g/mol. The van der Waals surface area contributed by atoms with Crippen LogP contribution < -0.4 is 26.2 Å². The van der Waals surface area contributed by atoms with Crippen LogP contribution in [0.15, 0.2) is 52.1 Å². The normalized spacial score (nSPS) is 11.7. The molecule has 0 spiro atoms. The molecule has 1 atom stereocenters. The highest BCUT2D eigenvalue weighted by Gasteiger charge is 2.25. The van der Waals surface area contributed by atoms with Gasteiger partial charge in [0.05, 0.1) is 24.4 Å². The van der Waals surface area contributed by atoms with Crippen LogP contribution in [-0.2, 0) is 0 Å². The van der Waals surface area contributed by atoms with Crippen molar-refractivity contribution in [3.05, 3.63) is 74.0 Å². The lowest BCUT2D eigenvalue weighted by Gasteiger charge is -2.22. The van der Waals surface area contributed by atoms with Gasteiger partial charge in [0.15, 0.2) is 5.75 Å². The lowest BCUT2D eigenvalue weighted by atomic mass is 10.0. The minimum atomic E-state index is -0.684. The second-order valence-electron chi connectivity index (χ2n) is 7.31. The maximum Gasteiger partial charge on any atom is 0.257 e. The van der Waals surface area contributed by atoms with Crippen LogP contribution in [0.5, 0.6) is 11.5 Å². The highest BCUT2D eigenvalue weighted by Crippen LogP contribution is 2.33. The van der Waals surface area contributed by atoms with Gasteiger partial charge in [-0.1, -0.05) is 25.1 Å². The number of phenolic OH excluding ortho intramolecular Hbond substituents is 1. The van der Waals surface area contributed by atoms with Crippen LogP contribution in [0.2, 0.25) is 0 Å². The van der Waals surface area contributed by atoms with Crippen LogP contribution in [-0.4, -0.2) is 37.1 Å². The Labute approximate surface area is 179 Å². The average Bonchev–Trinajstić information content (AvgIpc) is 2.79. The summed E-state index contributed by atoms with van der Waals surface area (Å²) >= 11 is 0. The van der Waals surface area contributed by atoms with Crippen LogP contribution in [0.4, 0.5) is 17.1 Å². The zero-order valence-electron chi connectivity index (χ0n) is 17.9. The van der Waals surface area contributed by atoms with E-state index < -0.39 is 10.9 Å². The molecule has 0 aliphatic heterocycles. The molecule has 8 heteroatoms. The molecule has 3 aromatic rings. The summed E-state index contributed by atoms with van der Waals surface area (Å²) in [5.41, 5.74) is 0.0837. The van der Waals surface area contributed by atoms with E-state index in [-0.39, 0.29) is 40.3 Å². The van der Waals surface area contributed by atoms with E-state index in [2.05, 4.69) is 10.6 Å². The molecule has 0 radical (unpaired) electrons. The molecule has 0 aliphatic rings. The van der Waals surface area contributed by atoms with Crippen molar-refractivity contribution in [1.82, 2.24) is 4.90 Å². The average molecular weight is 423 g/mol. The summed E-state index contributed by atoms with van der Waals surface area (Å²) in [6, 6.07) is 11.8. The van der Waals surface area contributed by atoms with E-state index >= 15 is 0 Å². The number of methoxy groups -OCH3 is 1. The van der Waals surface area contributed by atoms with Gasteiger partial charge >= 0.3 is 0 Å². The fraction of sp³-hybridized carbons (Fsp3) is 0.261. The van der Waals surface area contributed by atoms with Crippen LogP contribution in [0.25, 0.3) is 0 Å². The minimum Gasteiger partial charge on any atom is -0.505 e. The lowest BCUT2D eigenvalue weighted by molar-refractivity contribution is 0.0824. The summed E-state index contributed by atoms with van der Waals surface area (Å²) in [7, 11) is 4.73. The first-order valence-corrected chi connectivity index (χ1v) is 9.82. The number of nitrogens with one attached hydrogen (secondary N) is 2. The summed E-state index contributed by atoms with van der Waals surface area (Å²) in [5.74, 6) is 0.0511. The Morgan fingerprint density at radius 3 is 2.29 bits per heavy atom. The van der Waals surface area contributed by atoms with E-state index in [1.807, 2.05) is 31.2 Å². The van der Waals surface area contributed by atoms with E-state index in [4.69, 9.17) is 4.74 Å². The van der Waals surface area contributed by atoms with Gasteiger partial charge in [0.1, 0.15) is 17.1 Å². The molecule has 3 rings (SSSR count). The first-order chi connectivity index (χ1) is 14.8. The van der Waals surface area contributed by atoms with Crippen molar-refractivity contribution >= 4 is 23.0 Å². The third kappa shape index (κ3) is 4.23. The summed E-state index contributed by atoms with van der Waals surface area (Å²) in [4.78, 5) is 38.0. The number of benzene rings is 2. The van der Waals surface area contributed by atoms with E-state index in [9.17, 15) is 19.5 Å². The van der Waals surface area contributed by atoms with Crippen molar-refractivity contribution in [3.8, 4) is 11.5 Å². The maximum atomic E-state index is 12.2. The number of ether oxygens (including phenoxy) is 1. The zero-order chi connectivity index (χ0) is 22.7. The number of anilines is 3. The third-order valence-electron chi connectivity index (χ3n) is 5.09. The van der Waals surface area contributed by atoms with Crippen molar-refractivity contribution in [2.75, 3.05) is 31.8 Å². The molecule has 8 nitrogen and oxygen atoms in total. The molecule has 3 aromatic carbocycles. The van der Waals surface area contributed by atoms with Crippen LogP contribution in [0.3, 0.4) is 0 Å². The molecule has 0 fully saturated rings. The number of hydrogen-bond donors (Lipinski definition) is 3. The number of aromatic hydroxyl groups is 1. The zero-order valence-corrected chi connectivity index (χ0v) is 17.9. The SMILES string of the molecule is CCC(Nc1c(Nc2cccc(C(=O)N(C)C)c2O)c(=O)c1=O)c1ccc(OC)cc1. The Morgan fingerprint density at radius 1 is 1.06 bits per heavy atom. The summed E-state index contributed by atoms with van der Waals surface area (Å²) in [5, 5.41) is 16.5. The maximum absolute atomic E-state index is 12.2. The number of nitrogens with zero attached hydrogens (tertiary/aromatic N) is 1. The van der Waals surface area contributed by atoms with Crippen molar-refractivity contribution in [2.24, 2.45) is 0 Å². The second kappa shape index (κ2) is 8.91. The topological polar surface area (TPSA) is 108 Å². The first-order valence-electron chi connectivity index (χ1n) is 9.82. The van der Waals surface area contributed by atoms with Crippen molar-refractivity contribution < 1.29 is 14.6 Å². The highest BCUT2D eigenvalue weighted by atomic mass is 16.5. The minimum absolute atomic E-state index is 0.0571. The molecule has 0 heterocycles. The van der Waals surface area contributed by atoms with E-state index in [1.54, 1.807) is 27.3 Å². The van der Waals surface area contributed by atoms with Crippen molar-refractivity contribution in [3.63, 3.8) is 0 Å². The van der Waals surface area contributed by atoms with Gasteiger partial charge in [0, 0.05) is 14.1 Å². The third-order valence-corrected chi connectivity index (χ3v) is 5.09. The van der Waals surface area contributed by atoms with E-state index in [1.165, 1.54) is 17.0 Å². The molecule has 0 saturated carbocycles. The second-order valence-corrected chi connectivity index (χ2v) is 7.31. The molecular formula is C23H25N3O5. The molecule has 31 heavy (non-hydrogen) atoms. The van der Waals surface area contributed by atoms with Gasteiger partial charge in [0.2, 0.25) is 0 Å². The van der Waals surface area contributed by atoms with Gasteiger partial charge < -0.3 is 25.4 Å². The van der Waals surface area contributed by atoms with Crippen LogP contribution in [0.1, 0.15) is 35.3 Å². The Kier molecular flexibility index (Phi) is 6.29. The molecule has 1 unspecified atom stereocenters. The molecule has 0 bridgehead atoms. The molecule has 3 N–H and O–H groups in total. The van der Waals surface area contributed by atoms with Crippen LogP contribution in [0, 0.1) is 0 Å². The monoisotopic (exact) mass is 423 g/mol. The largest absolute Gasteiger partial charge is 0.505 e. The van der Waals surface area contributed by atoms with Gasteiger partial charge in [-0.15, -0.1) is 0 Å². The van der Waals surface area contributed by atoms with Crippen molar-refractivity contribution in [1.29, 1.82) is 0 Å². The molecule has 0 aliphatic carbocycles. The Bertz CT molecular complexity index is 1160.